The van der Waals surface area contributed by atoms with Gasteiger partial charge in [0, 0.05) is 18.5 Å². The van der Waals surface area contributed by atoms with E-state index in [4.69, 9.17) is 5.73 Å². The highest BCUT2D eigenvalue weighted by Crippen LogP contribution is 2.33. The molecule has 1 saturated carbocycles. The fraction of sp³-hybridized carbons (Fsp3) is 0.727. The lowest BCUT2D eigenvalue weighted by molar-refractivity contribution is 0.0901. The van der Waals surface area contributed by atoms with Crippen LogP contribution in [-0.4, -0.2) is 26.3 Å². The lowest BCUT2D eigenvalue weighted by Crippen LogP contribution is -2.48. The van der Waals surface area contributed by atoms with Crippen molar-refractivity contribution in [2.24, 2.45) is 5.73 Å². The number of hydrogen-bond donors (Lipinski definition) is 1. The number of rotatable bonds is 5. The van der Waals surface area contributed by atoms with E-state index in [9.17, 15) is 4.79 Å². The van der Waals surface area contributed by atoms with Gasteiger partial charge >= 0.3 is 0 Å². The predicted molar refractivity (Wildman–Crippen MR) is 60.0 cm³/mol. The molecule has 0 bridgehead atoms. The number of nitrogens with zero attached hydrogens (tertiary/aromatic N) is 3. The number of Topliss-reactive ketones (excluding diaryl/α,β-unsaturated/α-hetero) is 1. The maximum Gasteiger partial charge on any atom is 0.184 e. The molecule has 2 rings (SSSR count). The number of carbonyl (C=O) groups excluding carboxylic acids is 1. The van der Waals surface area contributed by atoms with E-state index in [2.05, 4.69) is 10.3 Å². The van der Waals surface area contributed by atoms with Crippen LogP contribution >= 0.6 is 0 Å². The summed E-state index contributed by atoms with van der Waals surface area (Å²) in [6.07, 6.45) is 5.94. The van der Waals surface area contributed by atoms with Crippen molar-refractivity contribution >= 4 is 5.78 Å². The number of aromatic nitrogens is 3. The van der Waals surface area contributed by atoms with Crippen molar-refractivity contribution < 1.29 is 4.79 Å². The second-order valence-electron chi connectivity index (χ2n) is 4.66. The topological polar surface area (TPSA) is 73.8 Å². The van der Waals surface area contributed by atoms with E-state index in [0.29, 0.717) is 12.1 Å². The maximum atomic E-state index is 12.0. The van der Waals surface area contributed by atoms with Crippen LogP contribution in [0.4, 0.5) is 0 Å². The van der Waals surface area contributed by atoms with Crippen LogP contribution in [0.3, 0.4) is 0 Å². The van der Waals surface area contributed by atoms with Gasteiger partial charge in [-0.3, -0.25) is 4.79 Å². The third-order valence-electron chi connectivity index (χ3n) is 3.20. The molecule has 1 fully saturated rings. The van der Waals surface area contributed by atoms with E-state index in [1.54, 1.807) is 10.9 Å². The molecule has 0 atom stereocenters. The first-order valence-electron chi connectivity index (χ1n) is 5.85. The van der Waals surface area contributed by atoms with Crippen LogP contribution in [0, 0.1) is 0 Å². The molecule has 1 aromatic rings. The number of ketones is 1. The normalized spacial score (nSPS) is 18.1. The third-order valence-corrected chi connectivity index (χ3v) is 3.20. The Morgan fingerprint density at radius 2 is 2.38 bits per heavy atom. The van der Waals surface area contributed by atoms with Crippen LogP contribution in [0.5, 0.6) is 0 Å². The van der Waals surface area contributed by atoms with E-state index in [1.807, 2.05) is 6.92 Å². The fourth-order valence-corrected chi connectivity index (χ4v) is 2.07. The Bertz CT molecular complexity index is 381. The number of aryl methyl sites for hydroxylation is 1. The molecule has 0 aromatic carbocycles. The Morgan fingerprint density at radius 3 is 2.94 bits per heavy atom. The summed E-state index contributed by atoms with van der Waals surface area (Å²) in [5, 5.41) is 7.69. The van der Waals surface area contributed by atoms with E-state index < -0.39 is 0 Å². The van der Waals surface area contributed by atoms with Crippen molar-refractivity contribution in [1.29, 1.82) is 0 Å². The minimum absolute atomic E-state index is 0.0700. The molecule has 1 aliphatic carbocycles. The SMILES string of the molecule is CCCn1nncc1C(=O)CC1(N)CCC1. The highest BCUT2D eigenvalue weighted by molar-refractivity contribution is 5.95. The van der Waals surface area contributed by atoms with E-state index >= 15 is 0 Å². The van der Waals surface area contributed by atoms with Crippen molar-refractivity contribution in [3.05, 3.63) is 11.9 Å². The third kappa shape index (κ3) is 2.14. The monoisotopic (exact) mass is 222 g/mol. The van der Waals surface area contributed by atoms with Crippen molar-refractivity contribution in [2.45, 2.75) is 51.1 Å². The number of hydrogen-bond acceptors (Lipinski definition) is 4. The smallest absolute Gasteiger partial charge is 0.184 e. The van der Waals surface area contributed by atoms with Gasteiger partial charge in [-0.25, -0.2) is 4.68 Å². The average molecular weight is 222 g/mol. The zero-order valence-corrected chi connectivity index (χ0v) is 9.65. The van der Waals surface area contributed by atoms with E-state index in [0.717, 1.165) is 32.2 Å². The van der Waals surface area contributed by atoms with Crippen LogP contribution in [0.15, 0.2) is 6.20 Å². The van der Waals surface area contributed by atoms with Crippen LogP contribution < -0.4 is 5.73 Å². The zero-order chi connectivity index (χ0) is 11.6. The molecule has 1 aliphatic rings. The van der Waals surface area contributed by atoms with Crippen molar-refractivity contribution in [3.8, 4) is 0 Å². The summed E-state index contributed by atoms with van der Waals surface area (Å²) in [4.78, 5) is 12.0. The summed E-state index contributed by atoms with van der Waals surface area (Å²) in [5.74, 6) is 0.0700. The Labute approximate surface area is 95.0 Å². The minimum atomic E-state index is -0.265. The standard InChI is InChI=1S/C11H18N4O/c1-2-6-15-9(8-13-14-15)10(16)7-11(12)4-3-5-11/h8H,2-7,12H2,1H3. The summed E-state index contributed by atoms with van der Waals surface area (Å²) in [6, 6.07) is 0. The highest BCUT2D eigenvalue weighted by atomic mass is 16.1. The van der Waals surface area contributed by atoms with Gasteiger partial charge in [-0.1, -0.05) is 12.1 Å². The van der Waals surface area contributed by atoms with Crippen LogP contribution in [0.1, 0.15) is 49.5 Å². The second-order valence-corrected chi connectivity index (χ2v) is 4.66. The largest absolute Gasteiger partial charge is 0.325 e. The van der Waals surface area contributed by atoms with Gasteiger partial charge in [0.05, 0.1) is 6.20 Å². The van der Waals surface area contributed by atoms with Crippen LogP contribution in [-0.2, 0) is 6.54 Å². The molecule has 1 heterocycles. The Hall–Kier alpha value is -1.23. The Morgan fingerprint density at radius 1 is 1.62 bits per heavy atom. The summed E-state index contributed by atoms with van der Waals surface area (Å²) in [7, 11) is 0. The van der Waals surface area contributed by atoms with Crippen LogP contribution in [0.25, 0.3) is 0 Å². The van der Waals surface area contributed by atoms with Gasteiger partial charge in [-0.2, -0.15) is 0 Å². The number of nitrogens with two attached hydrogens (primary N) is 1. The lowest BCUT2D eigenvalue weighted by atomic mass is 9.74. The first kappa shape index (κ1) is 11.3. The number of carbonyl (C=O) groups is 1. The molecule has 2 N–H and O–H groups in total. The molecule has 0 spiro atoms. The van der Waals surface area contributed by atoms with Gasteiger partial charge in [-0.15, -0.1) is 5.10 Å². The van der Waals surface area contributed by atoms with Gasteiger partial charge < -0.3 is 5.73 Å². The Balaban J connectivity index is 2.05. The first-order chi connectivity index (χ1) is 7.64. The summed E-state index contributed by atoms with van der Waals surface area (Å²) in [5.41, 5.74) is 6.39. The van der Waals surface area contributed by atoms with Gasteiger partial charge in [0.15, 0.2) is 5.78 Å². The molecule has 0 aliphatic heterocycles. The van der Waals surface area contributed by atoms with Gasteiger partial charge in [0.25, 0.3) is 0 Å². The molecule has 16 heavy (non-hydrogen) atoms. The Kier molecular flexibility index (Phi) is 3.05. The molecular formula is C11H18N4O. The lowest BCUT2D eigenvalue weighted by Gasteiger charge is -2.37. The molecule has 88 valence electrons. The van der Waals surface area contributed by atoms with Crippen molar-refractivity contribution in [2.75, 3.05) is 0 Å². The van der Waals surface area contributed by atoms with E-state index in [1.165, 1.54) is 0 Å². The zero-order valence-electron chi connectivity index (χ0n) is 9.65. The molecule has 0 amide bonds. The summed E-state index contributed by atoms with van der Waals surface area (Å²) in [6.45, 7) is 2.78. The minimum Gasteiger partial charge on any atom is -0.325 e. The van der Waals surface area contributed by atoms with E-state index in [-0.39, 0.29) is 11.3 Å². The second kappa shape index (κ2) is 4.33. The molecule has 0 radical (unpaired) electrons. The molecular weight excluding hydrogens is 204 g/mol. The molecule has 0 saturated heterocycles. The van der Waals surface area contributed by atoms with Crippen molar-refractivity contribution in [1.82, 2.24) is 15.0 Å². The van der Waals surface area contributed by atoms with Gasteiger partial charge in [0.1, 0.15) is 5.69 Å². The fourth-order valence-electron chi connectivity index (χ4n) is 2.07. The van der Waals surface area contributed by atoms with Crippen molar-refractivity contribution in [3.63, 3.8) is 0 Å². The predicted octanol–water partition coefficient (Wildman–Crippen LogP) is 1.14. The highest BCUT2D eigenvalue weighted by Gasteiger charge is 2.35. The quantitative estimate of drug-likeness (QED) is 0.758. The molecule has 5 nitrogen and oxygen atoms in total. The average Bonchev–Trinajstić information content (AvgIpc) is 2.64. The van der Waals surface area contributed by atoms with Crippen LogP contribution in [0.2, 0.25) is 0 Å². The molecule has 0 unspecified atom stereocenters. The van der Waals surface area contributed by atoms with Gasteiger partial charge in [-0.05, 0) is 25.7 Å². The summed E-state index contributed by atoms with van der Waals surface area (Å²) >= 11 is 0. The molecule has 1 aromatic heterocycles. The van der Waals surface area contributed by atoms with Gasteiger partial charge in [0.2, 0.25) is 0 Å². The molecule has 5 heteroatoms. The first-order valence-corrected chi connectivity index (χ1v) is 5.85. The summed E-state index contributed by atoms with van der Waals surface area (Å²) < 4.78 is 1.67. The maximum absolute atomic E-state index is 12.0.